The highest BCUT2D eigenvalue weighted by Crippen LogP contribution is 2.09. The fourth-order valence-corrected chi connectivity index (χ4v) is 1.81. The molecule has 0 bridgehead atoms. The van der Waals surface area contributed by atoms with E-state index >= 15 is 0 Å². The average molecular weight is 289 g/mol. The van der Waals surface area contributed by atoms with E-state index in [1.165, 1.54) is 6.08 Å². The minimum Gasteiger partial charge on any atom is -0.452 e. The Bertz CT molecular complexity index is 593. The number of rotatable bonds is 4. The maximum Gasteiger partial charge on any atom is 0.416 e. The second-order valence-corrected chi connectivity index (χ2v) is 4.46. The molecule has 0 N–H and O–H groups in total. The number of cyclic esters (lactones) is 1. The quantitative estimate of drug-likeness (QED) is 0.621. The summed E-state index contributed by atoms with van der Waals surface area (Å²) < 4.78 is 9.43. The van der Waals surface area contributed by atoms with E-state index in [1.807, 2.05) is 31.2 Å². The molecule has 0 aliphatic carbocycles. The lowest BCUT2D eigenvalue weighted by Crippen LogP contribution is -2.35. The van der Waals surface area contributed by atoms with Crippen molar-refractivity contribution in [2.45, 2.75) is 6.92 Å². The first kappa shape index (κ1) is 14.8. The van der Waals surface area contributed by atoms with Crippen molar-refractivity contribution in [2.75, 3.05) is 19.8 Å². The molecule has 1 aliphatic heterocycles. The largest absolute Gasteiger partial charge is 0.452 e. The third-order valence-electron chi connectivity index (χ3n) is 2.99. The summed E-state index contributed by atoms with van der Waals surface area (Å²) in [5.74, 6) is -1.23. The molecule has 0 saturated carbocycles. The molecule has 21 heavy (non-hydrogen) atoms. The molecule has 1 saturated heterocycles. The molecule has 1 aromatic carbocycles. The zero-order valence-electron chi connectivity index (χ0n) is 11.6. The summed E-state index contributed by atoms with van der Waals surface area (Å²) in [6.45, 7) is 1.81. The molecule has 1 aliphatic rings. The number of carbonyl (C=O) groups is 3. The third kappa shape index (κ3) is 3.92. The number of aryl methyl sites for hydroxylation is 1. The number of esters is 1. The van der Waals surface area contributed by atoms with E-state index in [1.54, 1.807) is 6.08 Å². The van der Waals surface area contributed by atoms with Crippen LogP contribution in [-0.4, -0.2) is 42.6 Å². The van der Waals surface area contributed by atoms with Gasteiger partial charge in [0.1, 0.15) is 6.61 Å². The molecule has 0 aromatic heterocycles. The molecule has 0 atom stereocenters. The second-order valence-electron chi connectivity index (χ2n) is 4.46. The van der Waals surface area contributed by atoms with Gasteiger partial charge in [0.2, 0.25) is 0 Å². The molecular formula is C15H15NO5. The van der Waals surface area contributed by atoms with Crippen LogP contribution in [0, 0.1) is 6.92 Å². The smallest absolute Gasteiger partial charge is 0.416 e. The van der Waals surface area contributed by atoms with Crippen molar-refractivity contribution in [3.63, 3.8) is 0 Å². The zero-order chi connectivity index (χ0) is 15.2. The molecule has 0 unspecified atom stereocenters. The molecule has 6 nitrogen and oxygen atoms in total. The Morgan fingerprint density at radius 1 is 1.38 bits per heavy atom. The molecule has 1 aromatic rings. The first-order chi connectivity index (χ1) is 10.1. The fourth-order valence-electron chi connectivity index (χ4n) is 1.81. The van der Waals surface area contributed by atoms with Crippen molar-refractivity contribution < 1.29 is 23.9 Å². The van der Waals surface area contributed by atoms with Gasteiger partial charge in [-0.2, -0.15) is 0 Å². The summed E-state index contributed by atoms with van der Waals surface area (Å²) in [5.41, 5.74) is 1.92. The lowest BCUT2D eigenvalue weighted by molar-refractivity contribution is -0.146. The van der Waals surface area contributed by atoms with Gasteiger partial charge in [-0.05, 0) is 24.1 Å². The highest BCUT2D eigenvalue weighted by Gasteiger charge is 2.28. The Morgan fingerprint density at radius 2 is 2.14 bits per heavy atom. The molecule has 0 radical (unpaired) electrons. The number of hydrogen-bond acceptors (Lipinski definition) is 5. The van der Waals surface area contributed by atoms with Crippen molar-refractivity contribution >= 4 is 24.0 Å². The van der Waals surface area contributed by atoms with Gasteiger partial charge in [-0.15, -0.1) is 0 Å². The second kappa shape index (κ2) is 6.69. The first-order valence-corrected chi connectivity index (χ1v) is 6.45. The monoisotopic (exact) mass is 289 g/mol. The van der Waals surface area contributed by atoms with E-state index in [2.05, 4.69) is 4.74 Å². The van der Waals surface area contributed by atoms with Crippen LogP contribution in [0.4, 0.5) is 4.79 Å². The number of benzene rings is 1. The molecule has 110 valence electrons. The van der Waals surface area contributed by atoms with Crippen LogP contribution in [-0.2, 0) is 19.1 Å². The van der Waals surface area contributed by atoms with Crippen LogP contribution in [0.2, 0.25) is 0 Å². The van der Waals surface area contributed by atoms with Gasteiger partial charge in [-0.25, -0.2) is 14.5 Å². The number of amides is 2. The summed E-state index contributed by atoms with van der Waals surface area (Å²) in [6, 6.07) is 7.55. The number of imide groups is 1. The van der Waals surface area contributed by atoms with Gasteiger partial charge in [0, 0.05) is 6.08 Å². The molecular weight excluding hydrogens is 274 g/mol. The maximum atomic E-state index is 11.6. The van der Waals surface area contributed by atoms with E-state index in [-0.39, 0.29) is 13.2 Å². The van der Waals surface area contributed by atoms with Crippen LogP contribution in [0.1, 0.15) is 11.1 Å². The van der Waals surface area contributed by atoms with Crippen LogP contribution in [0.3, 0.4) is 0 Å². The average Bonchev–Trinajstić information content (AvgIpc) is 2.90. The third-order valence-corrected chi connectivity index (χ3v) is 2.99. The minimum absolute atomic E-state index is 0.172. The lowest BCUT2D eigenvalue weighted by Gasteiger charge is -2.09. The normalized spacial score (nSPS) is 14.3. The van der Waals surface area contributed by atoms with Crippen molar-refractivity contribution in [3.8, 4) is 0 Å². The summed E-state index contributed by atoms with van der Waals surface area (Å²) in [5, 5.41) is 0. The summed E-state index contributed by atoms with van der Waals surface area (Å²) in [6.07, 6.45) is 2.16. The van der Waals surface area contributed by atoms with Crippen molar-refractivity contribution in [1.82, 2.24) is 4.90 Å². The van der Waals surface area contributed by atoms with Gasteiger partial charge < -0.3 is 9.47 Å². The van der Waals surface area contributed by atoms with Crippen LogP contribution in [0.5, 0.6) is 0 Å². The fraction of sp³-hybridized carbons (Fsp3) is 0.267. The van der Waals surface area contributed by atoms with Crippen molar-refractivity contribution in [1.29, 1.82) is 0 Å². The van der Waals surface area contributed by atoms with E-state index in [9.17, 15) is 14.4 Å². The van der Waals surface area contributed by atoms with Gasteiger partial charge >= 0.3 is 12.1 Å². The summed E-state index contributed by atoms with van der Waals surface area (Å²) >= 11 is 0. The Morgan fingerprint density at radius 3 is 2.81 bits per heavy atom. The Hall–Kier alpha value is -2.63. The van der Waals surface area contributed by atoms with E-state index in [0.717, 1.165) is 16.0 Å². The van der Waals surface area contributed by atoms with Gasteiger partial charge in [-0.1, -0.05) is 24.3 Å². The Labute approximate surface area is 121 Å². The van der Waals surface area contributed by atoms with Gasteiger partial charge in [0.25, 0.3) is 5.91 Å². The SMILES string of the molecule is Cc1ccccc1/C=C/C(=O)OCC(=O)N1CCOC1=O. The molecule has 1 fully saturated rings. The van der Waals surface area contributed by atoms with Crippen LogP contribution >= 0.6 is 0 Å². The minimum atomic E-state index is -0.702. The Kier molecular flexibility index (Phi) is 4.71. The first-order valence-electron chi connectivity index (χ1n) is 6.45. The van der Waals surface area contributed by atoms with E-state index in [0.29, 0.717) is 0 Å². The number of carbonyl (C=O) groups excluding carboxylic acids is 3. The number of nitrogens with zero attached hydrogens (tertiary/aromatic N) is 1. The van der Waals surface area contributed by atoms with Crippen LogP contribution in [0.15, 0.2) is 30.3 Å². The topological polar surface area (TPSA) is 72.9 Å². The van der Waals surface area contributed by atoms with Crippen molar-refractivity contribution in [2.24, 2.45) is 0 Å². The predicted octanol–water partition coefficient (Wildman–Crippen LogP) is 1.53. The number of ether oxygens (including phenoxy) is 2. The van der Waals surface area contributed by atoms with E-state index in [4.69, 9.17) is 4.74 Å². The molecule has 6 heteroatoms. The highest BCUT2D eigenvalue weighted by atomic mass is 16.6. The van der Waals surface area contributed by atoms with Crippen LogP contribution in [0.25, 0.3) is 6.08 Å². The van der Waals surface area contributed by atoms with Gasteiger partial charge in [0.05, 0.1) is 6.54 Å². The van der Waals surface area contributed by atoms with Crippen LogP contribution < -0.4 is 0 Å². The number of hydrogen-bond donors (Lipinski definition) is 0. The standard InChI is InChI=1S/C15H15NO5/c1-11-4-2-3-5-12(11)6-7-14(18)21-10-13(17)16-8-9-20-15(16)19/h2-7H,8-10H2,1H3/b7-6+. The highest BCUT2D eigenvalue weighted by molar-refractivity contribution is 5.95. The predicted molar refractivity (Wildman–Crippen MR) is 74.2 cm³/mol. The molecule has 1 heterocycles. The Balaban J connectivity index is 1.84. The molecule has 0 spiro atoms. The summed E-state index contributed by atoms with van der Waals surface area (Å²) in [4.78, 5) is 35.2. The lowest BCUT2D eigenvalue weighted by atomic mass is 10.1. The summed E-state index contributed by atoms with van der Waals surface area (Å²) in [7, 11) is 0. The molecule has 2 rings (SSSR count). The maximum absolute atomic E-state index is 11.6. The van der Waals surface area contributed by atoms with Gasteiger partial charge in [0.15, 0.2) is 6.61 Å². The van der Waals surface area contributed by atoms with Gasteiger partial charge in [-0.3, -0.25) is 4.79 Å². The van der Waals surface area contributed by atoms with Crippen molar-refractivity contribution in [3.05, 3.63) is 41.5 Å². The van der Waals surface area contributed by atoms with E-state index < -0.39 is 24.6 Å². The zero-order valence-corrected chi connectivity index (χ0v) is 11.6. The molecule has 2 amide bonds.